The van der Waals surface area contributed by atoms with Gasteiger partial charge in [-0.3, -0.25) is 9.59 Å². The lowest BCUT2D eigenvalue weighted by Crippen LogP contribution is -2.57. The second-order valence-electron chi connectivity index (χ2n) is 5.16. The highest BCUT2D eigenvalue weighted by Crippen LogP contribution is 2.33. The number of thioether (sulfide) groups is 1. The van der Waals surface area contributed by atoms with E-state index in [9.17, 15) is 24.9 Å². The van der Waals surface area contributed by atoms with Crippen LogP contribution in [-0.4, -0.2) is 72.6 Å². The Bertz CT molecular complexity index is 373. The molecule has 1 rings (SSSR count). The predicted molar refractivity (Wildman–Crippen MR) is 72.8 cm³/mol. The average molecular weight is 324 g/mol. The molecule has 1 aliphatic heterocycles. The molecule has 1 heterocycles. The van der Waals surface area contributed by atoms with Gasteiger partial charge in [-0.15, -0.1) is 11.8 Å². The van der Waals surface area contributed by atoms with Crippen LogP contribution in [-0.2, 0) is 14.3 Å². The standard InChI is InChI=1S/C12H20O8S/c1-4(2)21-12-9(15)8(14)7(13)6(20-12)3-5(10(16)17)11(18)19/h4-9,12-15H,3H2,1-2H3,(H,16,17)(H,18,19)/t6-,7-,8+,9+,12?/m1/s1. The average Bonchev–Trinajstić information content (AvgIpc) is 2.36. The summed E-state index contributed by atoms with van der Waals surface area (Å²) in [6.45, 7) is 3.68. The van der Waals surface area contributed by atoms with Gasteiger partial charge in [0.05, 0.1) is 6.10 Å². The van der Waals surface area contributed by atoms with Crippen LogP contribution in [0, 0.1) is 5.92 Å². The van der Waals surface area contributed by atoms with E-state index in [2.05, 4.69) is 0 Å². The summed E-state index contributed by atoms with van der Waals surface area (Å²) in [6.07, 6.45) is -6.09. The lowest BCUT2D eigenvalue weighted by Gasteiger charge is -2.41. The van der Waals surface area contributed by atoms with Crippen molar-refractivity contribution in [2.24, 2.45) is 5.92 Å². The van der Waals surface area contributed by atoms with E-state index in [0.717, 1.165) is 0 Å². The van der Waals surface area contributed by atoms with Crippen molar-refractivity contribution in [3.8, 4) is 0 Å². The first kappa shape index (κ1) is 18.2. The second-order valence-corrected chi connectivity index (χ2v) is 6.84. The van der Waals surface area contributed by atoms with Crippen LogP contribution in [0.15, 0.2) is 0 Å². The minimum absolute atomic E-state index is 0.0579. The van der Waals surface area contributed by atoms with Gasteiger partial charge in [0, 0.05) is 11.7 Å². The molecule has 0 aromatic rings. The molecule has 1 aliphatic rings. The summed E-state index contributed by atoms with van der Waals surface area (Å²) < 4.78 is 5.40. The summed E-state index contributed by atoms with van der Waals surface area (Å²) in [5.74, 6) is -4.85. The molecule has 8 nitrogen and oxygen atoms in total. The van der Waals surface area contributed by atoms with Crippen molar-refractivity contribution in [3.63, 3.8) is 0 Å². The summed E-state index contributed by atoms with van der Waals surface area (Å²) in [4.78, 5) is 21.8. The second kappa shape index (κ2) is 7.41. The molecule has 0 aromatic heterocycles. The zero-order valence-corrected chi connectivity index (χ0v) is 12.4. The third kappa shape index (κ3) is 4.55. The highest BCUT2D eigenvalue weighted by atomic mass is 32.2. The highest BCUT2D eigenvalue weighted by molar-refractivity contribution is 8.00. The lowest BCUT2D eigenvalue weighted by atomic mass is 9.92. The van der Waals surface area contributed by atoms with Gasteiger partial charge in [0.15, 0.2) is 5.92 Å². The monoisotopic (exact) mass is 324 g/mol. The topological polar surface area (TPSA) is 145 Å². The SMILES string of the molecule is CC(C)SC1O[C@H](CC(C(=O)O)C(=O)O)[C@@H](O)[C@H](O)[C@@H]1O. The fourth-order valence-electron chi connectivity index (χ4n) is 2.03. The fourth-order valence-corrected chi connectivity index (χ4v) is 3.10. The van der Waals surface area contributed by atoms with Crippen molar-refractivity contribution < 1.29 is 39.9 Å². The Kier molecular flexibility index (Phi) is 6.41. The van der Waals surface area contributed by atoms with E-state index < -0.39 is 54.1 Å². The first-order chi connectivity index (χ1) is 9.65. The van der Waals surface area contributed by atoms with E-state index >= 15 is 0 Å². The number of rotatable bonds is 6. The number of carboxylic acids is 2. The van der Waals surface area contributed by atoms with Gasteiger partial charge >= 0.3 is 11.9 Å². The third-order valence-corrected chi connectivity index (χ3v) is 4.34. The maximum Gasteiger partial charge on any atom is 0.317 e. The maximum absolute atomic E-state index is 10.9. The molecule has 1 unspecified atom stereocenters. The number of ether oxygens (including phenoxy) is 1. The molecule has 122 valence electrons. The number of carboxylic acid groups (broad SMARTS) is 2. The quantitative estimate of drug-likeness (QED) is 0.393. The van der Waals surface area contributed by atoms with Gasteiger partial charge in [-0.05, 0) is 0 Å². The lowest BCUT2D eigenvalue weighted by molar-refractivity contribution is -0.204. The van der Waals surface area contributed by atoms with Gasteiger partial charge in [-0.2, -0.15) is 0 Å². The molecule has 0 saturated carbocycles. The summed E-state index contributed by atoms with van der Waals surface area (Å²) in [5, 5.41) is 47.2. The summed E-state index contributed by atoms with van der Waals surface area (Å²) in [7, 11) is 0. The van der Waals surface area contributed by atoms with Crippen molar-refractivity contribution in [1.82, 2.24) is 0 Å². The van der Waals surface area contributed by atoms with Crippen molar-refractivity contribution in [2.75, 3.05) is 0 Å². The normalized spacial score (nSPS) is 33.4. The molecule has 0 bridgehead atoms. The van der Waals surface area contributed by atoms with Crippen molar-refractivity contribution >= 4 is 23.7 Å². The van der Waals surface area contributed by atoms with Crippen LogP contribution >= 0.6 is 11.8 Å². The van der Waals surface area contributed by atoms with E-state index in [0.29, 0.717) is 0 Å². The van der Waals surface area contributed by atoms with E-state index in [1.807, 2.05) is 13.8 Å². The third-order valence-electron chi connectivity index (χ3n) is 3.14. The largest absolute Gasteiger partial charge is 0.481 e. The first-order valence-electron chi connectivity index (χ1n) is 6.45. The molecular weight excluding hydrogens is 304 g/mol. The van der Waals surface area contributed by atoms with E-state index in [1.54, 1.807) is 0 Å². The number of carbonyl (C=O) groups is 2. The maximum atomic E-state index is 10.9. The smallest absolute Gasteiger partial charge is 0.317 e. The zero-order chi connectivity index (χ0) is 16.3. The predicted octanol–water partition coefficient (Wildman–Crippen LogP) is -0.889. The number of hydrogen-bond donors (Lipinski definition) is 5. The fraction of sp³-hybridized carbons (Fsp3) is 0.833. The minimum Gasteiger partial charge on any atom is -0.481 e. The number of hydrogen-bond acceptors (Lipinski definition) is 7. The van der Waals surface area contributed by atoms with E-state index in [-0.39, 0.29) is 5.25 Å². The molecule has 5 N–H and O–H groups in total. The van der Waals surface area contributed by atoms with Gasteiger partial charge < -0.3 is 30.3 Å². The molecule has 0 spiro atoms. The van der Waals surface area contributed by atoms with Crippen LogP contribution < -0.4 is 0 Å². The summed E-state index contributed by atoms with van der Waals surface area (Å²) in [6, 6.07) is 0. The molecule has 0 aromatic carbocycles. The summed E-state index contributed by atoms with van der Waals surface area (Å²) in [5.41, 5.74) is -0.864. The molecule has 9 heteroatoms. The Morgan fingerprint density at radius 1 is 1.05 bits per heavy atom. The molecule has 0 amide bonds. The molecule has 21 heavy (non-hydrogen) atoms. The highest BCUT2D eigenvalue weighted by Gasteiger charge is 2.46. The first-order valence-corrected chi connectivity index (χ1v) is 7.40. The van der Waals surface area contributed by atoms with Gasteiger partial charge in [-0.1, -0.05) is 13.8 Å². The minimum atomic E-state index is -1.75. The molecule has 5 atom stereocenters. The van der Waals surface area contributed by atoms with Crippen molar-refractivity contribution in [2.45, 2.75) is 55.4 Å². The number of aliphatic hydroxyl groups is 3. The van der Waals surface area contributed by atoms with E-state index in [4.69, 9.17) is 14.9 Å². The van der Waals surface area contributed by atoms with Crippen LogP contribution in [0.3, 0.4) is 0 Å². The van der Waals surface area contributed by atoms with E-state index in [1.165, 1.54) is 11.8 Å². The zero-order valence-electron chi connectivity index (χ0n) is 11.6. The Morgan fingerprint density at radius 2 is 1.57 bits per heavy atom. The Balaban J connectivity index is 2.84. The Morgan fingerprint density at radius 3 is 2.00 bits per heavy atom. The van der Waals surface area contributed by atoms with Crippen LogP contribution in [0.5, 0.6) is 0 Å². The van der Waals surface area contributed by atoms with Crippen LogP contribution in [0.2, 0.25) is 0 Å². The van der Waals surface area contributed by atoms with Gasteiger partial charge in [-0.25, -0.2) is 0 Å². The molecule has 1 saturated heterocycles. The molecule has 0 aliphatic carbocycles. The van der Waals surface area contributed by atoms with Gasteiger partial charge in [0.25, 0.3) is 0 Å². The van der Waals surface area contributed by atoms with Crippen molar-refractivity contribution in [3.05, 3.63) is 0 Å². The number of aliphatic hydroxyl groups excluding tert-OH is 3. The molecule has 0 radical (unpaired) electrons. The molecular formula is C12H20O8S. The van der Waals surface area contributed by atoms with Crippen LogP contribution in [0.4, 0.5) is 0 Å². The van der Waals surface area contributed by atoms with Gasteiger partial charge in [0.2, 0.25) is 0 Å². The number of aliphatic carboxylic acids is 2. The van der Waals surface area contributed by atoms with Gasteiger partial charge in [0.1, 0.15) is 23.7 Å². The summed E-state index contributed by atoms with van der Waals surface area (Å²) >= 11 is 1.20. The Labute approximate surface area is 125 Å². The van der Waals surface area contributed by atoms with Crippen molar-refractivity contribution in [1.29, 1.82) is 0 Å². The molecule has 1 fully saturated rings. The van der Waals surface area contributed by atoms with Crippen LogP contribution in [0.25, 0.3) is 0 Å². The Hall–Kier alpha value is -0.870. The van der Waals surface area contributed by atoms with Crippen LogP contribution in [0.1, 0.15) is 20.3 Å².